The number of benzene rings is 2. The Morgan fingerprint density at radius 1 is 1.11 bits per heavy atom. The summed E-state index contributed by atoms with van der Waals surface area (Å²) in [6, 6.07) is 15.5. The van der Waals surface area contributed by atoms with Gasteiger partial charge in [-0.1, -0.05) is 68.8 Å². The minimum atomic E-state index is -0.179. The van der Waals surface area contributed by atoms with Crippen LogP contribution in [0.5, 0.6) is 11.8 Å². The first kappa shape index (κ1) is 25.3. The highest BCUT2D eigenvalue weighted by Crippen LogP contribution is 2.61. The van der Waals surface area contributed by atoms with Crippen LogP contribution in [0.4, 0.5) is 0 Å². The topological polar surface area (TPSA) is 55.0 Å². The van der Waals surface area contributed by atoms with Crippen LogP contribution in [-0.4, -0.2) is 9.97 Å². The Morgan fingerprint density at radius 2 is 1.89 bits per heavy atom. The monoisotopic (exact) mass is 494 g/mol. The predicted molar refractivity (Wildman–Crippen MR) is 152 cm³/mol. The van der Waals surface area contributed by atoms with E-state index in [4.69, 9.17) is 4.74 Å². The van der Waals surface area contributed by atoms with Crippen molar-refractivity contribution in [2.24, 2.45) is 5.41 Å². The van der Waals surface area contributed by atoms with E-state index in [2.05, 4.69) is 74.9 Å². The summed E-state index contributed by atoms with van der Waals surface area (Å²) in [5.74, 6) is 1.82. The van der Waals surface area contributed by atoms with Crippen LogP contribution < -0.4 is 20.9 Å². The molecule has 3 aromatic rings. The molecule has 2 unspecified atom stereocenters. The van der Waals surface area contributed by atoms with E-state index in [0.717, 1.165) is 19.3 Å². The van der Waals surface area contributed by atoms with Crippen LogP contribution in [0.1, 0.15) is 87.5 Å². The van der Waals surface area contributed by atoms with Gasteiger partial charge in [-0.05, 0) is 104 Å². The Morgan fingerprint density at radius 3 is 2.65 bits per heavy atom. The third-order valence-electron chi connectivity index (χ3n) is 8.23. The normalized spacial score (nSPS) is 23.9. The van der Waals surface area contributed by atoms with E-state index >= 15 is 0 Å². The van der Waals surface area contributed by atoms with Crippen molar-refractivity contribution in [1.29, 1.82) is 0 Å². The highest BCUT2D eigenvalue weighted by atomic mass is 16.5. The quantitative estimate of drug-likeness (QED) is 0.412. The Labute approximate surface area is 219 Å². The Kier molecular flexibility index (Phi) is 6.94. The lowest BCUT2D eigenvalue weighted by Gasteiger charge is -2.15. The van der Waals surface area contributed by atoms with Crippen molar-refractivity contribution >= 4 is 12.2 Å². The number of nitrogens with one attached hydrogen (secondary N) is 1. The zero-order chi connectivity index (χ0) is 26.2. The van der Waals surface area contributed by atoms with Crippen molar-refractivity contribution in [3.05, 3.63) is 97.3 Å². The summed E-state index contributed by atoms with van der Waals surface area (Å²) in [4.78, 5) is 20.0. The maximum Gasteiger partial charge on any atom is 0.302 e. The molecule has 1 saturated carbocycles. The Balaban J connectivity index is 1.26. The minimum Gasteiger partial charge on any atom is -0.426 e. The summed E-state index contributed by atoms with van der Waals surface area (Å²) >= 11 is 0. The maximum atomic E-state index is 12.7. The molecule has 192 valence electrons. The number of rotatable bonds is 7. The summed E-state index contributed by atoms with van der Waals surface area (Å²) < 4.78 is 5.96. The zero-order valence-corrected chi connectivity index (χ0v) is 22.7. The molecule has 1 heterocycles. The number of nitrogens with zero attached hydrogens (tertiary/aromatic N) is 1. The molecule has 5 rings (SSSR count). The molecule has 2 aliphatic rings. The van der Waals surface area contributed by atoms with Gasteiger partial charge in [0.15, 0.2) is 0 Å². The summed E-state index contributed by atoms with van der Waals surface area (Å²) in [6.45, 7) is 11.2. The molecule has 0 spiro atoms. The van der Waals surface area contributed by atoms with E-state index in [1.165, 1.54) is 40.7 Å². The van der Waals surface area contributed by atoms with E-state index < -0.39 is 0 Å². The van der Waals surface area contributed by atoms with Crippen LogP contribution in [0.3, 0.4) is 0 Å². The van der Waals surface area contributed by atoms with E-state index in [1.807, 2.05) is 30.4 Å². The first-order valence-electron chi connectivity index (χ1n) is 13.6. The molecule has 0 radical (unpaired) electrons. The van der Waals surface area contributed by atoms with Crippen LogP contribution >= 0.6 is 0 Å². The van der Waals surface area contributed by atoms with E-state index in [1.54, 1.807) is 0 Å². The van der Waals surface area contributed by atoms with Gasteiger partial charge in [0.05, 0.1) is 10.6 Å². The number of hydrogen-bond acceptors (Lipinski definition) is 3. The van der Waals surface area contributed by atoms with Gasteiger partial charge >= 0.3 is 6.01 Å². The van der Waals surface area contributed by atoms with Gasteiger partial charge in [-0.15, -0.1) is 0 Å². The van der Waals surface area contributed by atoms with Crippen molar-refractivity contribution in [2.75, 3.05) is 0 Å². The number of aromatic nitrogens is 2. The largest absolute Gasteiger partial charge is 0.426 e. The average Bonchev–Trinajstić information content (AvgIpc) is 3.53. The molecule has 1 N–H and O–H groups in total. The second-order valence-corrected chi connectivity index (χ2v) is 11.5. The standard InChI is InChI=1S/C33H38N2O2/c1-21(2)25-11-10-23(4)26(19-25)17-18-33(5)20-29(33)24-12-14-27(15-13-24)37-32-34-30-8-6-7-22(3)9-16-28(30)31(36)35-32/h8-16,19,21,29H,6-7,17-18,20H2,1-5H3,(H,34,35,36)/b22-9+,28-16+,30-8+. The highest BCUT2D eigenvalue weighted by Gasteiger charge is 2.49. The molecule has 2 aromatic carbocycles. The van der Waals surface area contributed by atoms with Crippen molar-refractivity contribution in [3.63, 3.8) is 0 Å². The molecule has 0 aliphatic heterocycles. The number of fused-ring (bicyclic) bond motifs is 1. The van der Waals surface area contributed by atoms with Crippen LogP contribution in [-0.2, 0) is 6.42 Å². The molecule has 0 amide bonds. The fourth-order valence-electron chi connectivity index (χ4n) is 5.41. The minimum absolute atomic E-state index is 0.179. The second kappa shape index (κ2) is 10.2. The fraction of sp³-hybridized carbons (Fsp3) is 0.394. The lowest BCUT2D eigenvalue weighted by Crippen LogP contribution is -2.43. The molecule has 0 bridgehead atoms. The lowest BCUT2D eigenvalue weighted by molar-refractivity contribution is 0.437. The number of aromatic amines is 1. The molecular weight excluding hydrogens is 456 g/mol. The van der Waals surface area contributed by atoms with Crippen LogP contribution in [0, 0.1) is 12.3 Å². The van der Waals surface area contributed by atoms with E-state index in [9.17, 15) is 4.79 Å². The number of ether oxygens (including phenoxy) is 1. The van der Waals surface area contributed by atoms with Gasteiger partial charge in [-0.3, -0.25) is 9.78 Å². The van der Waals surface area contributed by atoms with Crippen molar-refractivity contribution < 1.29 is 4.74 Å². The maximum absolute atomic E-state index is 12.7. The number of allylic oxidation sites excluding steroid dienone is 2. The first-order chi connectivity index (χ1) is 17.7. The van der Waals surface area contributed by atoms with Gasteiger partial charge in [0.2, 0.25) is 0 Å². The van der Waals surface area contributed by atoms with Gasteiger partial charge in [0, 0.05) is 0 Å². The predicted octanol–water partition coefficient (Wildman–Crippen LogP) is 6.42. The summed E-state index contributed by atoms with van der Waals surface area (Å²) in [7, 11) is 0. The van der Waals surface area contributed by atoms with E-state index in [0.29, 0.717) is 33.6 Å². The van der Waals surface area contributed by atoms with Crippen molar-refractivity contribution in [2.45, 2.75) is 78.6 Å². The molecule has 1 aromatic heterocycles. The molecular formula is C33H38N2O2. The Hall–Kier alpha value is -3.40. The number of aryl methyl sites for hydroxylation is 2. The SMILES string of the molecule is C\C1=C/C=c2/c(=O)[nH]c(Oc3ccc(C4CC4(C)CCc4cc(C(C)C)ccc4C)cc3)n/c2=C/CC1. The number of H-pyrrole nitrogens is 1. The zero-order valence-electron chi connectivity index (χ0n) is 22.7. The fourth-order valence-corrected chi connectivity index (χ4v) is 5.41. The first-order valence-corrected chi connectivity index (χ1v) is 13.6. The van der Waals surface area contributed by atoms with Gasteiger partial charge < -0.3 is 4.74 Å². The molecule has 4 nitrogen and oxygen atoms in total. The molecule has 2 atom stereocenters. The van der Waals surface area contributed by atoms with E-state index in [-0.39, 0.29) is 11.6 Å². The van der Waals surface area contributed by atoms with Gasteiger partial charge in [0.1, 0.15) is 5.75 Å². The molecule has 2 aliphatic carbocycles. The van der Waals surface area contributed by atoms with Gasteiger partial charge in [-0.2, -0.15) is 4.98 Å². The molecule has 0 saturated heterocycles. The van der Waals surface area contributed by atoms with Crippen molar-refractivity contribution in [1.82, 2.24) is 9.97 Å². The number of hydrogen-bond donors (Lipinski definition) is 1. The van der Waals surface area contributed by atoms with Crippen LogP contribution in [0.15, 0.2) is 58.9 Å². The van der Waals surface area contributed by atoms with Gasteiger partial charge in [-0.25, -0.2) is 0 Å². The van der Waals surface area contributed by atoms with Gasteiger partial charge in [0.25, 0.3) is 5.56 Å². The smallest absolute Gasteiger partial charge is 0.302 e. The third kappa shape index (κ3) is 5.64. The average molecular weight is 495 g/mol. The molecule has 1 fully saturated rings. The van der Waals surface area contributed by atoms with Crippen molar-refractivity contribution in [3.8, 4) is 11.8 Å². The second-order valence-electron chi connectivity index (χ2n) is 11.5. The third-order valence-corrected chi connectivity index (χ3v) is 8.23. The molecule has 4 heteroatoms. The molecule has 37 heavy (non-hydrogen) atoms. The van der Waals surface area contributed by atoms with Crippen LogP contribution in [0.25, 0.3) is 12.2 Å². The van der Waals surface area contributed by atoms with Crippen LogP contribution in [0.2, 0.25) is 0 Å². The lowest BCUT2D eigenvalue weighted by atomic mass is 9.90. The highest BCUT2D eigenvalue weighted by molar-refractivity contribution is 5.42. The Bertz CT molecular complexity index is 1510. The summed E-state index contributed by atoms with van der Waals surface area (Å²) in [6.07, 6.45) is 11.2. The summed E-state index contributed by atoms with van der Waals surface area (Å²) in [5, 5.41) is 1.27. The summed E-state index contributed by atoms with van der Waals surface area (Å²) in [5.41, 5.74) is 7.08.